The summed E-state index contributed by atoms with van der Waals surface area (Å²) in [5, 5.41) is 5.79. The molecule has 0 aliphatic heterocycles. The number of amides is 2. The van der Waals surface area contributed by atoms with E-state index in [4.69, 9.17) is 4.42 Å². The lowest BCUT2D eigenvalue weighted by Gasteiger charge is -2.18. The van der Waals surface area contributed by atoms with Gasteiger partial charge in [-0.2, -0.15) is 0 Å². The molecule has 0 aliphatic carbocycles. The lowest BCUT2D eigenvalue weighted by molar-refractivity contribution is 0.233. The standard InChI is InChI=1S/C14H20N4O2/c1-11(8-13-4-3-7-20-13)16-14(19)17-12(2)9-18-6-5-15-10-18/h3-7,10-12H,8-9H2,1-2H3,(H2,16,17,19)/t11-,12-/m1/s1. The monoisotopic (exact) mass is 276 g/mol. The lowest BCUT2D eigenvalue weighted by Crippen LogP contribution is -2.46. The molecular weight excluding hydrogens is 256 g/mol. The Kier molecular flexibility index (Phi) is 4.81. The number of carbonyl (C=O) groups is 1. The van der Waals surface area contributed by atoms with Crippen molar-refractivity contribution in [3.63, 3.8) is 0 Å². The van der Waals surface area contributed by atoms with E-state index in [2.05, 4.69) is 15.6 Å². The SMILES string of the molecule is C[C@H](Cc1ccco1)NC(=O)N[C@H](C)Cn1ccnc1. The summed E-state index contributed by atoms with van der Waals surface area (Å²) in [6, 6.07) is 3.62. The van der Waals surface area contributed by atoms with Gasteiger partial charge in [0.1, 0.15) is 5.76 Å². The molecule has 0 fully saturated rings. The summed E-state index contributed by atoms with van der Waals surface area (Å²) < 4.78 is 7.18. The van der Waals surface area contributed by atoms with E-state index in [0.717, 1.165) is 5.76 Å². The molecule has 2 rings (SSSR count). The fourth-order valence-corrected chi connectivity index (χ4v) is 2.03. The molecule has 2 atom stereocenters. The first-order valence-electron chi connectivity index (χ1n) is 6.68. The number of hydrogen-bond acceptors (Lipinski definition) is 3. The van der Waals surface area contributed by atoms with Crippen LogP contribution in [-0.2, 0) is 13.0 Å². The van der Waals surface area contributed by atoms with Crippen molar-refractivity contribution in [3.8, 4) is 0 Å². The van der Waals surface area contributed by atoms with Crippen LogP contribution in [0.1, 0.15) is 19.6 Å². The van der Waals surface area contributed by atoms with Crippen LogP contribution in [0.15, 0.2) is 41.5 Å². The van der Waals surface area contributed by atoms with Crippen molar-refractivity contribution in [1.82, 2.24) is 20.2 Å². The second-order valence-electron chi connectivity index (χ2n) is 4.96. The topological polar surface area (TPSA) is 72.1 Å². The van der Waals surface area contributed by atoms with Crippen molar-refractivity contribution < 1.29 is 9.21 Å². The fraction of sp³-hybridized carbons (Fsp3) is 0.429. The summed E-state index contributed by atoms with van der Waals surface area (Å²) in [6.45, 7) is 4.60. The highest BCUT2D eigenvalue weighted by atomic mass is 16.3. The predicted molar refractivity (Wildman–Crippen MR) is 75.2 cm³/mol. The average molecular weight is 276 g/mol. The van der Waals surface area contributed by atoms with Crippen LogP contribution in [-0.4, -0.2) is 27.7 Å². The minimum absolute atomic E-state index is 0.0154. The smallest absolute Gasteiger partial charge is 0.315 e. The van der Waals surface area contributed by atoms with E-state index in [1.807, 2.05) is 36.7 Å². The van der Waals surface area contributed by atoms with Crippen LogP contribution in [0.4, 0.5) is 4.79 Å². The molecule has 2 amide bonds. The first kappa shape index (κ1) is 14.2. The number of nitrogens with zero attached hydrogens (tertiary/aromatic N) is 2. The zero-order valence-electron chi connectivity index (χ0n) is 11.7. The lowest BCUT2D eigenvalue weighted by atomic mass is 10.2. The van der Waals surface area contributed by atoms with Crippen LogP contribution < -0.4 is 10.6 Å². The molecule has 0 aliphatic rings. The van der Waals surface area contributed by atoms with E-state index in [0.29, 0.717) is 13.0 Å². The van der Waals surface area contributed by atoms with Crippen molar-refractivity contribution in [1.29, 1.82) is 0 Å². The van der Waals surface area contributed by atoms with Gasteiger partial charge in [0.05, 0.1) is 12.6 Å². The zero-order chi connectivity index (χ0) is 14.4. The summed E-state index contributed by atoms with van der Waals surface area (Å²) in [5.74, 6) is 0.865. The van der Waals surface area contributed by atoms with Crippen LogP contribution >= 0.6 is 0 Å². The molecule has 0 aromatic carbocycles. The Morgan fingerprint density at radius 2 is 2.20 bits per heavy atom. The van der Waals surface area contributed by atoms with Crippen LogP contribution in [0, 0.1) is 0 Å². The fourth-order valence-electron chi connectivity index (χ4n) is 2.03. The van der Waals surface area contributed by atoms with Crippen molar-refractivity contribution in [2.75, 3.05) is 0 Å². The first-order valence-corrected chi connectivity index (χ1v) is 6.68. The normalized spacial score (nSPS) is 13.7. The molecule has 2 aromatic heterocycles. The Bertz CT molecular complexity index is 461. The van der Waals surface area contributed by atoms with Gasteiger partial charge in [-0.15, -0.1) is 0 Å². The molecule has 6 nitrogen and oxygen atoms in total. The third-order valence-corrected chi connectivity index (χ3v) is 2.89. The molecule has 0 saturated carbocycles. The Hall–Kier alpha value is -2.24. The third-order valence-electron chi connectivity index (χ3n) is 2.89. The van der Waals surface area contributed by atoms with Gasteiger partial charge in [0, 0.05) is 37.4 Å². The Labute approximate surface area is 118 Å². The average Bonchev–Trinajstić information content (AvgIpc) is 3.01. The van der Waals surface area contributed by atoms with E-state index in [1.165, 1.54) is 0 Å². The van der Waals surface area contributed by atoms with Gasteiger partial charge in [-0.3, -0.25) is 0 Å². The highest BCUT2D eigenvalue weighted by Gasteiger charge is 2.12. The van der Waals surface area contributed by atoms with Crippen molar-refractivity contribution >= 4 is 6.03 Å². The molecular formula is C14H20N4O2. The molecule has 6 heteroatoms. The van der Waals surface area contributed by atoms with Crippen LogP contribution in [0.5, 0.6) is 0 Å². The van der Waals surface area contributed by atoms with Gasteiger partial charge < -0.3 is 19.6 Å². The maximum absolute atomic E-state index is 11.8. The van der Waals surface area contributed by atoms with E-state index in [-0.39, 0.29) is 18.1 Å². The Morgan fingerprint density at radius 1 is 1.40 bits per heavy atom. The van der Waals surface area contributed by atoms with Crippen molar-refractivity contribution in [2.45, 2.75) is 38.9 Å². The number of imidazole rings is 1. The molecule has 2 N–H and O–H groups in total. The molecule has 0 unspecified atom stereocenters. The second kappa shape index (κ2) is 6.79. The van der Waals surface area contributed by atoms with Crippen molar-refractivity contribution in [2.24, 2.45) is 0 Å². The maximum Gasteiger partial charge on any atom is 0.315 e. The van der Waals surface area contributed by atoms with Crippen LogP contribution in [0.3, 0.4) is 0 Å². The molecule has 108 valence electrons. The van der Waals surface area contributed by atoms with Gasteiger partial charge in [-0.05, 0) is 26.0 Å². The van der Waals surface area contributed by atoms with E-state index in [1.54, 1.807) is 18.8 Å². The van der Waals surface area contributed by atoms with Crippen LogP contribution in [0.25, 0.3) is 0 Å². The maximum atomic E-state index is 11.8. The molecule has 0 spiro atoms. The number of nitrogens with one attached hydrogen (secondary N) is 2. The summed E-state index contributed by atoms with van der Waals surface area (Å²) in [7, 11) is 0. The molecule has 2 aromatic rings. The second-order valence-corrected chi connectivity index (χ2v) is 4.96. The summed E-state index contributed by atoms with van der Waals surface area (Å²) in [6.07, 6.45) is 7.63. The quantitative estimate of drug-likeness (QED) is 0.845. The van der Waals surface area contributed by atoms with E-state index < -0.39 is 0 Å². The minimum Gasteiger partial charge on any atom is -0.469 e. The number of carbonyl (C=O) groups excluding carboxylic acids is 1. The zero-order valence-corrected chi connectivity index (χ0v) is 11.7. The van der Waals surface area contributed by atoms with Gasteiger partial charge in [-0.25, -0.2) is 9.78 Å². The highest BCUT2D eigenvalue weighted by molar-refractivity contribution is 5.74. The van der Waals surface area contributed by atoms with Gasteiger partial charge in [0.25, 0.3) is 0 Å². The number of hydrogen-bond donors (Lipinski definition) is 2. The van der Waals surface area contributed by atoms with Gasteiger partial charge >= 0.3 is 6.03 Å². The largest absolute Gasteiger partial charge is 0.469 e. The number of furan rings is 1. The molecule has 0 saturated heterocycles. The molecule has 0 bridgehead atoms. The number of urea groups is 1. The molecule has 0 radical (unpaired) electrons. The van der Waals surface area contributed by atoms with Crippen LogP contribution in [0.2, 0.25) is 0 Å². The summed E-state index contributed by atoms with van der Waals surface area (Å²) in [5.41, 5.74) is 0. The Balaban J connectivity index is 1.71. The number of aromatic nitrogens is 2. The third kappa shape index (κ3) is 4.46. The van der Waals surface area contributed by atoms with Gasteiger partial charge in [-0.1, -0.05) is 0 Å². The highest BCUT2D eigenvalue weighted by Crippen LogP contribution is 2.03. The number of rotatable bonds is 6. The van der Waals surface area contributed by atoms with Gasteiger partial charge in [0.15, 0.2) is 0 Å². The van der Waals surface area contributed by atoms with Gasteiger partial charge in [0.2, 0.25) is 0 Å². The first-order chi connectivity index (χ1) is 9.63. The minimum atomic E-state index is -0.170. The summed E-state index contributed by atoms with van der Waals surface area (Å²) in [4.78, 5) is 15.8. The summed E-state index contributed by atoms with van der Waals surface area (Å²) >= 11 is 0. The molecule has 2 heterocycles. The van der Waals surface area contributed by atoms with Crippen molar-refractivity contribution in [3.05, 3.63) is 42.9 Å². The molecule has 20 heavy (non-hydrogen) atoms. The van der Waals surface area contributed by atoms with E-state index >= 15 is 0 Å². The van der Waals surface area contributed by atoms with E-state index in [9.17, 15) is 4.79 Å². The Morgan fingerprint density at radius 3 is 2.85 bits per heavy atom. The predicted octanol–water partition coefficient (Wildman–Crippen LogP) is 1.79.